The van der Waals surface area contributed by atoms with E-state index in [1.54, 1.807) is 10.9 Å². The van der Waals surface area contributed by atoms with E-state index in [4.69, 9.17) is 4.74 Å². The van der Waals surface area contributed by atoms with Crippen molar-refractivity contribution in [3.8, 4) is 0 Å². The lowest BCUT2D eigenvalue weighted by molar-refractivity contribution is -0.126. The lowest BCUT2D eigenvalue weighted by atomic mass is 9.54. The SMILES string of the molecule is CN=C(NC1C2CCOC2C12CCCC2)N1CCN(c2cnn(C)c2)C(=O)C1. The fourth-order valence-corrected chi connectivity index (χ4v) is 6.02. The zero-order valence-electron chi connectivity index (χ0n) is 16.8. The highest BCUT2D eigenvalue weighted by atomic mass is 16.5. The van der Waals surface area contributed by atoms with Gasteiger partial charge in [-0.25, -0.2) is 0 Å². The second kappa shape index (κ2) is 6.76. The molecule has 4 fully saturated rings. The van der Waals surface area contributed by atoms with Crippen molar-refractivity contribution in [1.82, 2.24) is 20.0 Å². The van der Waals surface area contributed by atoms with Crippen LogP contribution in [0.2, 0.25) is 0 Å². The Morgan fingerprint density at radius 1 is 1.36 bits per heavy atom. The standard InChI is InChI=1S/C20H30N6O2/c1-21-19(23-17-15-5-10-28-18(15)20(17)6-3-4-7-20)25-8-9-26(16(27)13-25)14-11-22-24(2)12-14/h11-12,15,17-18H,3-10,13H2,1-2H3,(H,21,23). The molecule has 0 bridgehead atoms. The van der Waals surface area contributed by atoms with Crippen LogP contribution in [0.25, 0.3) is 0 Å². The number of rotatable bonds is 2. The molecule has 1 aromatic heterocycles. The van der Waals surface area contributed by atoms with Gasteiger partial charge in [-0.15, -0.1) is 0 Å². The zero-order chi connectivity index (χ0) is 19.3. The molecule has 8 nitrogen and oxygen atoms in total. The molecule has 4 aliphatic rings. The summed E-state index contributed by atoms with van der Waals surface area (Å²) in [6.07, 6.45) is 10.3. The van der Waals surface area contributed by atoms with Gasteiger partial charge in [0.15, 0.2) is 5.96 Å². The Labute approximate surface area is 165 Å². The van der Waals surface area contributed by atoms with E-state index in [-0.39, 0.29) is 11.3 Å². The minimum Gasteiger partial charge on any atom is -0.377 e. The van der Waals surface area contributed by atoms with Crippen LogP contribution in [-0.2, 0) is 16.6 Å². The number of aryl methyl sites for hydroxylation is 1. The minimum atomic E-state index is 0.0912. The van der Waals surface area contributed by atoms with Crippen molar-refractivity contribution in [3.05, 3.63) is 12.4 Å². The highest BCUT2D eigenvalue weighted by Crippen LogP contribution is 2.60. The summed E-state index contributed by atoms with van der Waals surface area (Å²) in [6.45, 7) is 2.65. The van der Waals surface area contributed by atoms with Gasteiger partial charge in [0, 0.05) is 57.4 Å². The van der Waals surface area contributed by atoms with Crippen molar-refractivity contribution in [2.24, 2.45) is 23.4 Å². The third-order valence-corrected chi connectivity index (χ3v) is 7.31. The number of piperazine rings is 1. The lowest BCUT2D eigenvalue weighted by Crippen LogP contribution is -2.70. The fraction of sp³-hybridized carbons (Fsp3) is 0.750. The van der Waals surface area contributed by atoms with E-state index in [0.717, 1.165) is 31.2 Å². The number of fused-ring (bicyclic) bond motifs is 2. The van der Waals surface area contributed by atoms with E-state index in [1.165, 1.54) is 25.7 Å². The predicted molar refractivity (Wildman–Crippen MR) is 106 cm³/mol. The van der Waals surface area contributed by atoms with E-state index in [0.29, 0.717) is 31.2 Å². The van der Waals surface area contributed by atoms with Gasteiger partial charge in [-0.2, -0.15) is 5.10 Å². The monoisotopic (exact) mass is 386 g/mol. The summed E-state index contributed by atoms with van der Waals surface area (Å²) in [5, 5.41) is 7.95. The summed E-state index contributed by atoms with van der Waals surface area (Å²) in [4.78, 5) is 21.2. The Morgan fingerprint density at radius 2 is 2.18 bits per heavy atom. The van der Waals surface area contributed by atoms with Crippen LogP contribution in [0.4, 0.5) is 5.69 Å². The summed E-state index contributed by atoms with van der Waals surface area (Å²) in [5.74, 6) is 1.54. The maximum absolute atomic E-state index is 12.8. The summed E-state index contributed by atoms with van der Waals surface area (Å²) in [7, 11) is 3.69. The number of carbonyl (C=O) groups is 1. The second-order valence-electron chi connectivity index (χ2n) is 8.69. The average Bonchev–Trinajstić information content (AvgIpc) is 3.42. The van der Waals surface area contributed by atoms with Crippen molar-refractivity contribution < 1.29 is 9.53 Å². The second-order valence-corrected chi connectivity index (χ2v) is 8.69. The van der Waals surface area contributed by atoms with Crippen molar-refractivity contribution in [2.75, 3.05) is 38.2 Å². The summed E-state index contributed by atoms with van der Waals surface area (Å²) < 4.78 is 7.83. The van der Waals surface area contributed by atoms with Gasteiger partial charge in [-0.05, 0) is 19.3 Å². The number of carbonyl (C=O) groups excluding carboxylic acids is 1. The number of ether oxygens (including phenoxy) is 1. The summed E-state index contributed by atoms with van der Waals surface area (Å²) >= 11 is 0. The number of hydrogen-bond acceptors (Lipinski definition) is 4. The predicted octanol–water partition coefficient (Wildman–Crippen LogP) is 0.992. The Kier molecular flexibility index (Phi) is 4.34. The maximum atomic E-state index is 12.8. The molecular formula is C20H30N6O2. The molecule has 0 radical (unpaired) electrons. The van der Waals surface area contributed by atoms with Crippen molar-refractivity contribution >= 4 is 17.6 Å². The molecule has 1 spiro atoms. The van der Waals surface area contributed by atoms with Crippen molar-refractivity contribution in [3.63, 3.8) is 0 Å². The maximum Gasteiger partial charge on any atom is 0.246 e. The van der Waals surface area contributed by atoms with Crippen LogP contribution in [0, 0.1) is 11.3 Å². The molecule has 3 heterocycles. The zero-order valence-corrected chi connectivity index (χ0v) is 16.8. The van der Waals surface area contributed by atoms with E-state index in [9.17, 15) is 4.79 Å². The van der Waals surface area contributed by atoms with Gasteiger partial charge in [-0.1, -0.05) is 12.8 Å². The number of nitrogens with zero attached hydrogens (tertiary/aromatic N) is 5. The van der Waals surface area contributed by atoms with Crippen molar-refractivity contribution in [2.45, 2.75) is 44.2 Å². The summed E-state index contributed by atoms with van der Waals surface area (Å²) in [5.41, 5.74) is 1.14. The van der Waals surface area contributed by atoms with E-state index in [2.05, 4.69) is 20.3 Å². The van der Waals surface area contributed by atoms with Gasteiger partial charge >= 0.3 is 0 Å². The van der Waals surface area contributed by atoms with Crippen LogP contribution in [0.3, 0.4) is 0 Å². The number of hydrogen-bond donors (Lipinski definition) is 1. The topological polar surface area (TPSA) is 75.0 Å². The van der Waals surface area contributed by atoms with Crippen LogP contribution in [0.1, 0.15) is 32.1 Å². The molecule has 152 valence electrons. The van der Waals surface area contributed by atoms with Gasteiger partial charge in [0.1, 0.15) is 6.54 Å². The number of anilines is 1. The molecule has 0 aromatic carbocycles. The van der Waals surface area contributed by atoms with Crippen LogP contribution in [-0.4, -0.2) is 72.0 Å². The summed E-state index contributed by atoms with van der Waals surface area (Å²) in [6, 6.07) is 0.424. The third kappa shape index (κ3) is 2.64. The van der Waals surface area contributed by atoms with Crippen LogP contribution < -0.4 is 10.2 Å². The number of aliphatic imine (C=N–C) groups is 1. The molecule has 3 unspecified atom stereocenters. The first-order valence-electron chi connectivity index (χ1n) is 10.5. The smallest absolute Gasteiger partial charge is 0.246 e. The van der Waals surface area contributed by atoms with Gasteiger partial charge in [0.2, 0.25) is 5.91 Å². The van der Waals surface area contributed by atoms with Crippen LogP contribution in [0.5, 0.6) is 0 Å². The van der Waals surface area contributed by atoms with Gasteiger partial charge in [0.25, 0.3) is 0 Å². The average molecular weight is 387 g/mol. The molecule has 1 amide bonds. The molecule has 2 saturated carbocycles. The molecule has 5 rings (SSSR count). The molecule has 1 N–H and O–H groups in total. The lowest BCUT2D eigenvalue weighted by Gasteiger charge is -2.57. The van der Waals surface area contributed by atoms with Gasteiger partial charge < -0.3 is 19.9 Å². The molecule has 2 aliphatic carbocycles. The van der Waals surface area contributed by atoms with Gasteiger partial charge in [0.05, 0.1) is 18.0 Å². The number of amides is 1. The van der Waals surface area contributed by atoms with Gasteiger partial charge in [-0.3, -0.25) is 14.5 Å². The normalized spacial score (nSPS) is 32.0. The highest BCUT2D eigenvalue weighted by molar-refractivity contribution is 5.98. The number of guanidine groups is 1. The van der Waals surface area contributed by atoms with Crippen LogP contribution in [0.15, 0.2) is 17.4 Å². The first kappa shape index (κ1) is 18.0. The Balaban J connectivity index is 1.28. The molecule has 8 heteroatoms. The van der Waals surface area contributed by atoms with Crippen LogP contribution >= 0.6 is 0 Å². The third-order valence-electron chi connectivity index (χ3n) is 7.31. The molecule has 28 heavy (non-hydrogen) atoms. The minimum absolute atomic E-state index is 0.0912. The Hall–Kier alpha value is -2.09. The molecular weight excluding hydrogens is 356 g/mol. The number of aromatic nitrogens is 2. The number of nitrogens with one attached hydrogen (secondary N) is 1. The van der Waals surface area contributed by atoms with E-state index >= 15 is 0 Å². The Morgan fingerprint density at radius 3 is 2.86 bits per heavy atom. The largest absolute Gasteiger partial charge is 0.377 e. The van der Waals surface area contributed by atoms with E-state index in [1.807, 2.05) is 25.2 Å². The molecule has 2 aliphatic heterocycles. The molecule has 1 aromatic rings. The first-order valence-corrected chi connectivity index (χ1v) is 10.5. The molecule has 2 saturated heterocycles. The first-order chi connectivity index (χ1) is 13.6. The highest BCUT2D eigenvalue weighted by Gasteiger charge is 2.65. The Bertz CT molecular complexity index is 783. The van der Waals surface area contributed by atoms with Crippen molar-refractivity contribution in [1.29, 1.82) is 0 Å². The quantitative estimate of drug-likeness (QED) is 0.606. The molecule has 3 atom stereocenters. The fourth-order valence-electron chi connectivity index (χ4n) is 6.02. The van der Waals surface area contributed by atoms with E-state index < -0.39 is 0 Å².